The number of halogens is 2. The number of rotatable bonds is 5. The third-order valence-corrected chi connectivity index (χ3v) is 4.62. The van der Waals surface area contributed by atoms with Gasteiger partial charge in [0.2, 0.25) is 5.91 Å². The van der Waals surface area contributed by atoms with Crippen LogP contribution < -0.4 is 21.3 Å². The summed E-state index contributed by atoms with van der Waals surface area (Å²) in [6.45, 7) is -0.223. The highest BCUT2D eigenvalue weighted by Gasteiger charge is 2.72. The molecule has 3 aliphatic carbocycles. The number of nitrogens with two attached hydrogens (primary N) is 1. The SMILES string of the molecule is NNC(=O)C12CC(NC(=O)COc3ccc(Cl)c(F)c3)(C1)C2. The topological polar surface area (TPSA) is 93.5 Å². The summed E-state index contributed by atoms with van der Waals surface area (Å²) < 4.78 is 18.5. The highest BCUT2D eigenvalue weighted by atomic mass is 35.5. The zero-order valence-electron chi connectivity index (χ0n) is 11.6. The van der Waals surface area contributed by atoms with Gasteiger partial charge in [0.05, 0.1) is 10.4 Å². The molecule has 8 heteroatoms. The third kappa shape index (κ3) is 2.40. The summed E-state index contributed by atoms with van der Waals surface area (Å²) in [6.07, 6.45) is 1.76. The van der Waals surface area contributed by atoms with Crippen molar-refractivity contribution in [3.05, 3.63) is 29.0 Å². The van der Waals surface area contributed by atoms with E-state index in [0.717, 1.165) is 6.07 Å². The van der Waals surface area contributed by atoms with Gasteiger partial charge < -0.3 is 10.1 Å². The molecule has 1 aromatic carbocycles. The number of amides is 2. The maximum Gasteiger partial charge on any atom is 0.258 e. The van der Waals surface area contributed by atoms with E-state index < -0.39 is 11.2 Å². The summed E-state index contributed by atoms with van der Waals surface area (Å²) in [5.74, 6) is 4.26. The smallest absolute Gasteiger partial charge is 0.258 e. The molecule has 3 fully saturated rings. The zero-order valence-corrected chi connectivity index (χ0v) is 12.4. The van der Waals surface area contributed by atoms with Gasteiger partial charge in [0.1, 0.15) is 11.6 Å². The minimum Gasteiger partial charge on any atom is -0.484 e. The second kappa shape index (κ2) is 5.10. The van der Waals surface area contributed by atoms with Crippen molar-refractivity contribution in [2.75, 3.05) is 6.61 Å². The van der Waals surface area contributed by atoms with E-state index in [2.05, 4.69) is 10.7 Å². The minimum absolute atomic E-state index is 0.00542. The van der Waals surface area contributed by atoms with E-state index in [9.17, 15) is 14.0 Å². The van der Waals surface area contributed by atoms with Gasteiger partial charge in [0, 0.05) is 11.6 Å². The normalized spacial score (nSPS) is 28.1. The van der Waals surface area contributed by atoms with Crippen molar-refractivity contribution in [1.82, 2.24) is 10.7 Å². The first-order valence-corrected chi connectivity index (χ1v) is 7.16. The van der Waals surface area contributed by atoms with E-state index in [1.54, 1.807) is 0 Å². The lowest BCUT2D eigenvalue weighted by atomic mass is 9.39. The lowest BCUT2D eigenvalue weighted by Gasteiger charge is -2.68. The Kier molecular flexibility index (Phi) is 3.49. The molecule has 0 spiro atoms. The van der Waals surface area contributed by atoms with E-state index in [0.29, 0.717) is 19.3 Å². The van der Waals surface area contributed by atoms with Crippen LogP contribution in [0.1, 0.15) is 19.3 Å². The third-order valence-electron chi connectivity index (χ3n) is 4.31. The molecule has 0 atom stereocenters. The summed E-state index contributed by atoms with van der Waals surface area (Å²) in [6, 6.07) is 3.97. The lowest BCUT2D eigenvalue weighted by molar-refractivity contribution is -0.184. The molecule has 0 radical (unpaired) electrons. The van der Waals surface area contributed by atoms with Gasteiger partial charge in [-0.05, 0) is 31.4 Å². The summed E-state index contributed by atoms with van der Waals surface area (Å²) in [5.41, 5.74) is 1.41. The molecule has 22 heavy (non-hydrogen) atoms. The van der Waals surface area contributed by atoms with Gasteiger partial charge in [0.15, 0.2) is 6.61 Å². The largest absolute Gasteiger partial charge is 0.484 e. The van der Waals surface area contributed by atoms with Gasteiger partial charge in [-0.2, -0.15) is 0 Å². The van der Waals surface area contributed by atoms with Gasteiger partial charge in [0.25, 0.3) is 5.91 Å². The zero-order chi connectivity index (χ0) is 16.0. The molecule has 0 aliphatic heterocycles. The van der Waals surface area contributed by atoms with Crippen LogP contribution in [0.25, 0.3) is 0 Å². The molecule has 118 valence electrons. The van der Waals surface area contributed by atoms with E-state index in [4.69, 9.17) is 22.2 Å². The van der Waals surface area contributed by atoms with Crippen LogP contribution >= 0.6 is 11.6 Å². The number of ether oxygens (including phenoxy) is 1. The second-order valence-electron chi connectivity index (χ2n) is 5.98. The highest BCUT2D eigenvalue weighted by Crippen LogP contribution is 2.67. The molecule has 4 rings (SSSR count). The number of benzene rings is 1. The van der Waals surface area contributed by atoms with Crippen LogP contribution in [0.3, 0.4) is 0 Å². The van der Waals surface area contributed by atoms with Crippen molar-refractivity contribution in [3.63, 3.8) is 0 Å². The fourth-order valence-corrected chi connectivity index (χ4v) is 3.48. The Morgan fingerprint density at radius 3 is 2.64 bits per heavy atom. The molecule has 0 aromatic heterocycles. The molecule has 3 saturated carbocycles. The van der Waals surface area contributed by atoms with Crippen LogP contribution in [-0.4, -0.2) is 24.0 Å². The molecule has 4 N–H and O–H groups in total. The van der Waals surface area contributed by atoms with Crippen LogP contribution in [0, 0.1) is 11.2 Å². The Bertz CT molecular complexity index is 632. The van der Waals surface area contributed by atoms with Gasteiger partial charge in [-0.15, -0.1) is 0 Å². The number of nitrogens with one attached hydrogen (secondary N) is 2. The average Bonchev–Trinajstić information content (AvgIpc) is 2.41. The Balaban J connectivity index is 1.47. The fourth-order valence-electron chi connectivity index (χ4n) is 3.36. The summed E-state index contributed by atoms with van der Waals surface area (Å²) >= 11 is 5.56. The van der Waals surface area contributed by atoms with Crippen LogP contribution in [0.5, 0.6) is 5.75 Å². The molecule has 1 aromatic rings. The molecule has 2 amide bonds. The average molecular weight is 328 g/mol. The number of carbonyl (C=O) groups is 2. The van der Waals surface area contributed by atoms with Crippen molar-refractivity contribution in [3.8, 4) is 5.75 Å². The molecule has 6 nitrogen and oxygen atoms in total. The first-order chi connectivity index (χ1) is 10.4. The van der Waals surface area contributed by atoms with Crippen LogP contribution in [-0.2, 0) is 9.59 Å². The van der Waals surface area contributed by atoms with Gasteiger partial charge in [-0.3, -0.25) is 15.0 Å². The van der Waals surface area contributed by atoms with Gasteiger partial charge >= 0.3 is 0 Å². The maximum absolute atomic E-state index is 13.2. The molecule has 0 unspecified atom stereocenters. The Morgan fingerprint density at radius 2 is 2.05 bits per heavy atom. The highest BCUT2D eigenvalue weighted by molar-refractivity contribution is 6.30. The number of hydrogen-bond donors (Lipinski definition) is 3. The van der Waals surface area contributed by atoms with Crippen molar-refractivity contribution >= 4 is 23.4 Å². The van der Waals surface area contributed by atoms with Gasteiger partial charge in [-0.25, -0.2) is 10.2 Å². The molecule has 0 heterocycles. The van der Waals surface area contributed by atoms with E-state index in [1.165, 1.54) is 12.1 Å². The summed E-state index contributed by atoms with van der Waals surface area (Å²) in [5, 5.41) is 2.85. The summed E-state index contributed by atoms with van der Waals surface area (Å²) in [4.78, 5) is 23.4. The summed E-state index contributed by atoms with van der Waals surface area (Å²) in [7, 11) is 0. The Hall–Kier alpha value is -1.86. The van der Waals surface area contributed by atoms with E-state index in [-0.39, 0.29) is 34.7 Å². The quantitative estimate of drug-likeness (QED) is 0.425. The first kappa shape index (κ1) is 15.1. The maximum atomic E-state index is 13.2. The Morgan fingerprint density at radius 1 is 1.36 bits per heavy atom. The van der Waals surface area contributed by atoms with Crippen molar-refractivity contribution in [2.24, 2.45) is 11.3 Å². The van der Waals surface area contributed by atoms with Crippen molar-refractivity contribution in [1.29, 1.82) is 0 Å². The number of hydrazine groups is 1. The van der Waals surface area contributed by atoms with Crippen LogP contribution in [0.2, 0.25) is 5.02 Å². The van der Waals surface area contributed by atoms with Crippen molar-refractivity contribution in [2.45, 2.75) is 24.8 Å². The van der Waals surface area contributed by atoms with Crippen LogP contribution in [0.4, 0.5) is 4.39 Å². The molecular weight excluding hydrogens is 313 g/mol. The lowest BCUT2D eigenvalue weighted by Crippen LogP contribution is -2.78. The monoisotopic (exact) mass is 327 g/mol. The predicted octanol–water partition coefficient (Wildman–Crippen LogP) is 0.887. The molecule has 3 aliphatic rings. The molecule has 0 saturated heterocycles. The van der Waals surface area contributed by atoms with E-state index >= 15 is 0 Å². The van der Waals surface area contributed by atoms with E-state index in [1.807, 2.05) is 0 Å². The first-order valence-electron chi connectivity index (χ1n) is 6.78. The van der Waals surface area contributed by atoms with Crippen LogP contribution in [0.15, 0.2) is 18.2 Å². The van der Waals surface area contributed by atoms with Crippen molar-refractivity contribution < 1.29 is 18.7 Å². The van der Waals surface area contributed by atoms with Gasteiger partial charge in [-0.1, -0.05) is 11.6 Å². The second-order valence-corrected chi connectivity index (χ2v) is 6.38. The minimum atomic E-state index is -0.603. The fraction of sp³-hybridized carbons (Fsp3) is 0.429. The standard InChI is InChI=1S/C14H15ClFN3O3/c15-9-2-1-8(3-10(9)16)22-4-11(20)18-14-5-13(6-14,7-14)12(21)19-17/h1-3H,4-7,17H2,(H,18,20)(H,19,21). The molecule has 2 bridgehead atoms. The number of hydrogen-bond acceptors (Lipinski definition) is 4. The molecular formula is C14H15ClFN3O3. The number of carbonyl (C=O) groups excluding carboxylic acids is 2. The Labute approximate surface area is 131 Å². The predicted molar refractivity (Wildman–Crippen MR) is 76.4 cm³/mol.